The fourth-order valence-corrected chi connectivity index (χ4v) is 3.00. The molecule has 5 nitrogen and oxygen atoms in total. The van der Waals surface area contributed by atoms with Gasteiger partial charge >= 0.3 is 0 Å². The van der Waals surface area contributed by atoms with Crippen molar-refractivity contribution in [2.75, 3.05) is 20.8 Å². The van der Waals surface area contributed by atoms with Crippen LogP contribution in [0.3, 0.4) is 0 Å². The van der Waals surface area contributed by atoms with Gasteiger partial charge in [-0.05, 0) is 32.7 Å². The number of hydrogen-bond acceptors (Lipinski definition) is 5. The molecule has 24 heavy (non-hydrogen) atoms. The van der Waals surface area contributed by atoms with Gasteiger partial charge in [0.15, 0.2) is 0 Å². The number of unbranched alkanes of at least 4 members (excludes halogenated alkanes) is 7. The summed E-state index contributed by atoms with van der Waals surface area (Å²) in [5.41, 5.74) is 6.53. The van der Waals surface area contributed by atoms with Crippen LogP contribution in [0.25, 0.3) is 0 Å². The minimum absolute atomic E-state index is 0.0150. The van der Waals surface area contributed by atoms with E-state index in [-0.39, 0.29) is 23.1 Å². The van der Waals surface area contributed by atoms with Crippen molar-refractivity contribution < 1.29 is 19.1 Å². The maximum Gasteiger partial charge on any atom is 0.228 e. The van der Waals surface area contributed by atoms with E-state index in [1.807, 2.05) is 0 Å². The lowest BCUT2D eigenvalue weighted by molar-refractivity contribution is -0.121. The minimum Gasteiger partial charge on any atom is -0.489 e. The molecule has 0 bridgehead atoms. The molecular weight excluding hydrogens is 306 g/mol. The van der Waals surface area contributed by atoms with Crippen LogP contribution in [0.1, 0.15) is 64.7 Å². The van der Waals surface area contributed by atoms with E-state index in [4.69, 9.17) is 15.2 Å². The van der Waals surface area contributed by atoms with Gasteiger partial charge in [0.25, 0.3) is 0 Å². The molecule has 1 rings (SSSR count). The predicted molar refractivity (Wildman–Crippen MR) is 94.4 cm³/mol. The maximum atomic E-state index is 12.5. The molecule has 1 aliphatic carbocycles. The summed E-state index contributed by atoms with van der Waals surface area (Å²) in [6.07, 6.45) is 9.79. The van der Waals surface area contributed by atoms with Gasteiger partial charge < -0.3 is 15.2 Å². The molecular formula is C19H31NO4. The number of carbonyl (C=O) groups is 2. The van der Waals surface area contributed by atoms with Gasteiger partial charge in [-0.15, -0.1) is 0 Å². The molecule has 0 atom stereocenters. The van der Waals surface area contributed by atoms with E-state index in [9.17, 15) is 9.59 Å². The fraction of sp³-hybridized carbons (Fsp3) is 0.684. The van der Waals surface area contributed by atoms with Crippen molar-refractivity contribution >= 4 is 11.6 Å². The van der Waals surface area contributed by atoms with Crippen LogP contribution in [0.5, 0.6) is 0 Å². The Balaban J connectivity index is 2.41. The predicted octanol–water partition coefficient (Wildman–Crippen LogP) is 3.43. The molecule has 136 valence electrons. The highest BCUT2D eigenvalue weighted by Crippen LogP contribution is 2.28. The minimum atomic E-state index is -0.246. The average Bonchev–Trinajstić information content (AvgIpc) is 2.58. The van der Waals surface area contributed by atoms with E-state index in [0.29, 0.717) is 17.6 Å². The van der Waals surface area contributed by atoms with E-state index in [1.54, 1.807) is 6.92 Å². The molecule has 0 aliphatic heterocycles. The SMILES string of the molecule is COC1=C(OC)C(=O)C(CCCCCCCCCCN)=C(C)C1=O. The number of methoxy groups -OCH3 is 2. The molecule has 0 heterocycles. The Labute approximate surface area is 145 Å². The highest BCUT2D eigenvalue weighted by Gasteiger charge is 2.34. The molecule has 0 fully saturated rings. The van der Waals surface area contributed by atoms with E-state index >= 15 is 0 Å². The third-order valence-corrected chi connectivity index (χ3v) is 4.48. The van der Waals surface area contributed by atoms with Crippen LogP contribution >= 0.6 is 0 Å². The van der Waals surface area contributed by atoms with E-state index in [2.05, 4.69) is 0 Å². The summed E-state index contributed by atoms with van der Waals surface area (Å²) in [5, 5.41) is 0. The average molecular weight is 337 g/mol. The molecule has 0 unspecified atom stereocenters. The number of nitrogens with two attached hydrogens (primary N) is 1. The van der Waals surface area contributed by atoms with Crippen molar-refractivity contribution in [2.24, 2.45) is 5.73 Å². The van der Waals surface area contributed by atoms with E-state index < -0.39 is 0 Å². The number of allylic oxidation sites excluding steroid dienone is 2. The van der Waals surface area contributed by atoms with Crippen molar-refractivity contribution in [1.29, 1.82) is 0 Å². The summed E-state index contributed by atoms with van der Waals surface area (Å²) in [6, 6.07) is 0. The van der Waals surface area contributed by atoms with Crippen molar-refractivity contribution in [1.82, 2.24) is 0 Å². The first-order valence-electron chi connectivity index (χ1n) is 8.89. The van der Waals surface area contributed by atoms with Gasteiger partial charge in [-0.2, -0.15) is 0 Å². The summed E-state index contributed by atoms with van der Waals surface area (Å²) < 4.78 is 10.1. The Kier molecular flexibility index (Phi) is 9.38. The Bertz CT molecular complexity index is 505. The molecule has 0 aromatic rings. The zero-order valence-corrected chi connectivity index (χ0v) is 15.3. The zero-order valence-electron chi connectivity index (χ0n) is 15.3. The number of carbonyl (C=O) groups excluding carboxylic acids is 2. The first kappa shape index (κ1) is 20.4. The largest absolute Gasteiger partial charge is 0.489 e. The fourth-order valence-electron chi connectivity index (χ4n) is 3.00. The van der Waals surface area contributed by atoms with Crippen LogP contribution in [-0.4, -0.2) is 32.3 Å². The lowest BCUT2D eigenvalue weighted by Gasteiger charge is -2.20. The number of ketones is 2. The molecule has 0 saturated carbocycles. The topological polar surface area (TPSA) is 78.6 Å². The van der Waals surface area contributed by atoms with E-state index in [0.717, 1.165) is 32.2 Å². The van der Waals surface area contributed by atoms with Crippen molar-refractivity contribution in [3.05, 3.63) is 22.7 Å². The monoisotopic (exact) mass is 337 g/mol. The van der Waals surface area contributed by atoms with Gasteiger partial charge in [0.1, 0.15) is 0 Å². The van der Waals surface area contributed by atoms with Crippen molar-refractivity contribution in [2.45, 2.75) is 64.7 Å². The molecule has 0 aromatic heterocycles. The standard InChI is InChI=1S/C19H31NO4/c1-14-15(12-10-8-6-4-5-7-9-11-13-20)17(22)19(24-3)18(23-2)16(14)21/h4-13,20H2,1-3H3. The quantitative estimate of drug-likeness (QED) is 0.436. The smallest absolute Gasteiger partial charge is 0.228 e. The van der Waals surface area contributed by atoms with Crippen LogP contribution < -0.4 is 5.73 Å². The normalized spacial score (nSPS) is 15.3. The van der Waals surface area contributed by atoms with Crippen molar-refractivity contribution in [3.63, 3.8) is 0 Å². The Morgan fingerprint density at radius 3 is 1.71 bits per heavy atom. The molecule has 0 radical (unpaired) electrons. The van der Waals surface area contributed by atoms with Crippen molar-refractivity contribution in [3.8, 4) is 0 Å². The lowest BCUT2D eigenvalue weighted by atomic mass is 9.89. The summed E-state index contributed by atoms with van der Waals surface area (Å²) in [7, 11) is 2.77. The van der Waals surface area contributed by atoms with Gasteiger partial charge in [-0.3, -0.25) is 9.59 Å². The Morgan fingerprint density at radius 2 is 1.21 bits per heavy atom. The molecule has 0 amide bonds. The van der Waals surface area contributed by atoms with E-state index in [1.165, 1.54) is 39.9 Å². The van der Waals surface area contributed by atoms with Crippen LogP contribution in [0.15, 0.2) is 22.7 Å². The first-order chi connectivity index (χ1) is 11.6. The molecule has 0 saturated heterocycles. The van der Waals surface area contributed by atoms with Crippen LogP contribution in [0, 0.1) is 0 Å². The van der Waals surface area contributed by atoms with Crippen LogP contribution in [-0.2, 0) is 19.1 Å². The molecule has 0 spiro atoms. The third kappa shape index (κ3) is 5.48. The summed E-state index contributed by atoms with van der Waals surface area (Å²) in [6.45, 7) is 2.47. The number of ether oxygens (including phenoxy) is 2. The molecule has 5 heteroatoms. The van der Waals surface area contributed by atoms with Gasteiger partial charge in [0, 0.05) is 11.1 Å². The molecule has 2 N–H and O–H groups in total. The number of hydrogen-bond donors (Lipinski definition) is 1. The highest BCUT2D eigenvalue weighted by atomic mass is 16.5. The second-order valence-corrected chi connectivity index (χ2v) is 6.20. The number of rotatable bonds is 12. The summed E-state index contributed by atoms with van der Waals surface area (Å²) >= 11 is 0. The maximum absolute atomic E-state index is 12.5. The van der Waals surface area contributed by atoms with Gasteiger partial charge in [-0.25, -0.2) is 0 Å². The van der Waals surface area contributed by atoms with Crippen LogP contribution in [0.4, 0.5) is 0 Å². The van der Waals surface area contributed by atoms with Crippen LogP contribution in [0.2, 0.25) is 0 Å². The first-order valence-corrected chi connectivity index (χ1v) is 8.89. The Morgan fingerprint density at radius 1 is 0.750 bits per heavy atom. The summed E-state index contributed by atoms with van der Waals surface area (Å²) in [5.74, 6) is -0.415. The zero-order chi connectivity index (χ0) is 17.9. The Hall–Kier alpha value is -1.62. The summed E-state index contributed by atoms with van der Waals surface area (Å²) in [4.78, 5) is 24.7. The van der Waals surface area contributed by atoms with Gasteiger partial charge in [0.05, 0.1) is 14.2 Å². The third-order valence-electron chi connectivity index (χ3n) is 4.48. The molecule has 0 aromatic carbocycles. The van der Waals surface area contributed by atoms with Gasteiger partial charge in [0.2, 0.25) is 23.1 Å². The lowest BCUT2D eigenvalue weighted by Crippen LogP contribution is -2.25. The highest BCUT2D eigenvalue weighted by molar-refractivity contribution is 6.23. The second kappa shape index (κ2) is 11.0. The molecule has 1 aliphatic rings. The number of Topliss-reactive ketones (excluding diaryl/α,β-unsaturated/α-hetero) is 2. The second-order valence-electron chi connectivity index (χ2n) is 6.20. The van der Waals surface area contributed by atoms with Gasteiger partial charge in [-0.1, -0.05) is 38.5 Å².